The Labute approximate surface area is 119 Å². The molecular weight excluding hydrogens is 319 g/mol. The second-order valence-corrected chi connectivity index (χ2v) is 5.40. The number of halogens is 2. The van der Waals surface area contributed by atoms with E-state index >= 15 is 0 Å². The highest BCUT2D eigenvalue weighted by atomic mass is 79.9. The Morgan fingerprint density at radius 1 is 1.61 bits per heavy atom. The van der Waals surface area contributed by atoms with Crippen LogP contribution in [0.25, 0.3) is 0 Å². The van der Waals surface area contributed by atoms with E-state index < -0.39 is 0 Å². The fraction of sp³-hybridized carbons (Fsp3) is 0.417. The molecule has 0 amide bonds. The maximum atomic E-state index is 14.0. The Hall–Kier alpha value is -0.720. The summed E-state index contributed by atoms with van der Waals surface area (Å²) >= 11 is 8.02. The lowest BCUT2D eigenvalue weighted by atomic mass is 10.2. The van der Waals surface area contributed by atoms with Gasteiger partial charge in [-0.1, -0.05) is 12.2 Å². The molecule has 0 saturated carbocycles. The van der Waals surface area contributed by atoms with Crippen LogP contribution >= 0.6 is 28.1 Å². The fourth-order valence-corrected chi connectivity index (χ4v) is 2.77. The summed E-state index contributed by atoms with van der Waals surface area (Å²) < 4.78 is 19.8. The molecule has 3 N–H and O–H groups in total. The molecule has 6 heteroatoms. The summed E-state index contributed by atoms with van der Waals surface area (Å²) in [5.74, 6) is -0.377. The van der Waals surface area contributed by atoms with Crippen molar-refractivity contribution in [1.29, 1.82) is 0 Å². The van der Waals surface area contributed by atoms with Crippen LogP contribution in [0.4, 0.5) is 10.1 Å². The summed E-state index contributed by atoms with van der Waals surface area (Å²) in [6, 6.07) is 3.34. The van der Waals surface area contributed by atoms with Crippen molar-refractivity contribution in [3.05, 3.63) is 28.0 Å². The summed E-state index contributed by atoms with van der Waals surface area (Å²) in [6.45, 7) is 1.40. The van der Waals surface area contributed by atoms with Gasteiger partial charge >= 0.3 is 0 Å². The van der Waals surface area contributed by atoms with Gasteiger partial charge in [-0.05, 0) is 40.9 Å². The molecule has 1 atom stereocenters. The fourth-order valence-electron chi connectivity index (χ4n) is 1.91. The van der Waals surface area contributed by atoms with Gasteiger partial charge in [0.25, 0.3) is 0 Å². The largest absolute Gasteiger partial charge is 0.389 e. The summed E-state index contributed by atoms with van der Waals surface area (Å²) in [4.78, 5) is 0.173. The third-order valence-electron chi connectivity index (χ3n) is 2.89. The van der Waals surface area contributed by atoms with Crippen LogP contribution in [-0.2, 0) is 4.74 Å². The van der Waals surface area contributed by atoms with E-state index in [4.69, 9.17) is 22.7 Å². The predicted molar refractivity (Wildman–Crippen MR) is 77.5 cm³/mol. The topological polar surface area (TPSA) is 47.3 Å². The number of ether oxygens (including phenoxy) is 1. The molecule has 18 heavy (non-hydrogen) atoms. The maximum Gasteiger partial charge on any atom is 0.161 e. The molecule has 0 aliphatic carbocycles. The second-order valence-electron chi connectivity index (χ2n) is 4.17. The molecule has 0 aromatic heterocycles. The van der Waals surface area contributed by atoms with Crippen molar-refractivity contribution < 1.29 is 9.13 Å². The minimum Gasteiger partial charge on any atom is -0.389 e. The molecule has 1 fully saturated rings. The maximum absolute atomic E-state index is 14.0. The lowest BCUT2D eigenvalue weighted by Gasteiger charge is -2.14. The van der Waals surface area contributed by atoms with Crippen molar-refractivity contribution >= 4 is 38.8 Å². The normalized spacial score (nSPS) is 18.9. The number of nitrogens with one attached hydrogen (secondary N) is 1. The highest BCUT2D eigenvalue weighted by Gasteiger charge is 2.17. The van der Waals surface area contributed by atoms with Crippen LogP contribution in [0.15, 0.2) is 16.6 Å². The lowest BCUT2D eigenvalue weighted by molar-refractivity contribution is 0.120. The van der Waals surface area contributed by atoms with Gasteiger partial charge in [0.2, 0.25) is 0 Å². The van der Waals surface area contributed by atoms with Crippen molar-refractivity contribution in [2.24, 2.45) is 5.73 Å². The van der Waals surface area contributed by atoms with Gasteiger partial charge in [0.05, 0.1) is 16.3 Å². The van der Waals surface area contributed by atoms with E-state index in [0.29, 0.717) is 22.3 Å². The molecule has 3 nitrogen and oxygen atoms in total. The lowest BCUT2D eigenvalue weighted by Crippen LogP contribution is -2.19. The summed E-state index contributed by atoms with van der Waals surface area (Å²) in [6.07, 6.45) is 2.25. The molecule has 0 bridgehead atoms. The van der Waals surface area contributed by atoms with Gasteiger partial charge in [0.15, 0.2) is 5.82 Å². The zero-order valence-electron chi connectivity index (χ0n) is 9.71. The third kappa shape index (κ3) is 2.99. The molecule has 98 valence electrons. The average Bonchev–Trinajstić information content (AvgIpc) is 2.83. The van der Waals surface area contributed by atoms with E-state index in [9.17, 15) is 4.39 Å². The number of rotatable bonds is 4. The number of nitrogens with two attached hydrogens (primary N) is 1. The van der Waals surface area contributed by atoms with Crippen molar-refractivity contribution in [2.75, 3.05) is 18.5 Å². The first kappa shape index (κ1) is 13.7. The van der Waals surface area contributed by atoms with Crippen LogP contribution in [0.2, 0.25) is 0 Å². The second kappa shape index (κ2) is 5.95. The first-order valence-electron chi connectivity index (χ1n) is 5.73. The van der Waals surface area contributed by atoms with Gasteiger partial charge in [-0.3, -0.25) is 0 Å². The molecule has 1 aliphatic rings. The van der Waals surface area contributed by atoms with E-state index in [2.05, 4.69) is 21.2 Å². The molecule has 1 saturated heterocycles. The van der Waals surface area contributed by atoms with Crippen molar-refractivity contribution in [3.8, 4) is 0 Å². The smallest absolute Gasteiger partial charge is 0.161 e. The number of benzene rings is 1. The SMILES string of the molecule is NC(=S)c1ccc(NCC2CCCO2)c(F)c1Br. The monoisotopic (exact) mass is 332 g/mol. The zero-order valence-corrected chi connectivity index (χ0v) is 12.1. The molecule has 1 heterocycles. The van der Waals surface area contributed by atoms with Gasteiger partial charge < -0.3 is 15.8 Å². The molecular formula is C12H14BrFN2OS. The Kier molecular flexibility index (Phi) is 4.53. The van der Waals surface area contributed by atoms with Crippen LogP contribution in [0.1, 0.15) is 18.4 Å². The quantitative estimate of drug-likeness (QED) is 0.832. The van der Waals surface area contributed by atoms with E-state index in [1.54, 1.807) is 12.1 Å². The van der Waals surface area contributed by atoms with Crippen LogP contribution in [-0.4, -0.2) is 24.2 Å². The molecule has 1 aromatic carbocycles. The van der Waals surface area contributed by atoms with E-state index in [-0.39, 0.29) is 16.9 Å². The Bertz CT molecular complexity index is 464. The summed E-state index contributed by atoms with van der Waals surface area (Å²) in [5, 5.41) is 3.05. The first-order chi connectivity index (χ1) is 8.59. The van der Waals surface area contributed by atoms with Gasteiger partial charge in [0.1, 0.15) is 4.99 Å². The first-order valence-corrected chi connectivity index (χ1v) is 6.93. The summed E-state index contributed by atoms with van der Waals surface area (Å²) in [5.41, 5.74) is 6.43. The number of hydrogen-bond acceptors (Lipinski definition) is 3. The van der Waals surface area contributed by atoms with Gasteiger partial charge in [-0.2, -0.15) is 0 Å². The standard InChI is InChI=1S/C12H14BrFN2OS/c13-10-8(12(15)18)3-4-9(11(10)14)16-6-7-2-1-5-17-7/h3-4,7,16H,1-2,5-6H2,(H2,15,18). The third-order valence-corrected chi connectivity index (χ3v) is 3.89. The highest BCUT2D eigenvalue weighted by molar-refractivity contribution is 9.10. The minimum absolute atomic E-state index is 0.165. The molecule has 2 rings (SSSR count). The van der Waals surface area contributed by atoms with Crippen molar-refractivity contribution in [2.45, 2.75) is 18.9 Å². The molecule has 1 aromatic rings. The number of hydrogen-bond donors (Lipinski definition) is 2. The van der Waals surface area contributed by atoms with Crippen LogP contribution in [0, 0.1) is 5.82 Å². The highest BCUT2D eigenvalue weighted by Crippen LogP contribution is 2.27. The summed E-state index contributed by atoms with van der Waals surface area (Å²) in [7, 11) is 0. The van der Waals surface area contributed by atoms with E-state index in [1.165, 1.54) is 0 Å². The predicted octanol–water partition coefficient (Wildman–Crippen LogP) is 2.81. The number of thiocarbonyl (C=S) groups is 1. The van der Waals surface area contributed by atoms with Crippen LogP contribution in [0.5, 0.6) is 0 Å². The Morgan fingerprint density at radius 2 is 2.39 bits per heavy atom. The van der Waals surface area contributed by atoms with Crippen molar-refractivity contribution in [1.82, 2.24) is 0 Å². The zero-order chi connectivity index (χ0) is 13.1. The molecule has 0 spiro atoms. The molecule has 1 unspecified atom stereocenters. The minimum atomic E-state index is -0.377. The van der Waals surface area contributed by atoms with Crippen LogP contribution in [0.3, 0.4) is 0 Å². The van der Waals surface area contributed by atoms with Crippen LogP contribution < -0.4 is 11.1 Å². The van der Waals surface area contributed by atoms with Gasteiger partial charge in [-0.25, -0.2) is 4.39 Å². The Morgan fingerprint density at radius 3 is 3.00 bits per heavy atom. The number of anilines is 1. The van der Waals surface area contributed by atoms with Crippen molar-refractivity contribution in [3.63, 3.8) is 0 Å². The Balaban J connectivity index is 2.09. The average molecular weight is 333 g/mol. The molecule has 1 aliphatic heterocycles. The van der Waals surface area contributed by atoms with Gasteiger partial charge in [-0.15, -0.1) is 0 Å². The van der Waals surface area contributed by atoms with Gasteiger partial charge in [0, 0.05) is 18.7 Å². The molecule has 0 radical (unpaired) electrons. The van der Waals surface area contributed by atoms with E-state index in [0.717, 1.165) is 19.4 Å². The van der Waals surface area contributed by atoms with E-state index in [1.807, 2.05) is 0 Å².